The number of nitro benzene ring substituents is 2. The molecule has 0 atom stereocenters. The van der Waals surface area contributed by atoms with E-state index in [1.54, 1.807) is 18.3 Å². The zero-order valence-corrected chi connectivity index (χ0v) is 16.7. The van der Waals surface area contributed by atoms with Crippen molar-refractivity contribution in [3.05, 3.63) is 96.2 Å². The van der Waals surface area contributed by atoms with Crippen LogP contribution in [-0.4, -0.2) is 31.7 Å². The van der Waals surface area contributed by atoms with Gasteiger partial charge in [-0.15, -0.1) is 0 Å². The fraction of sp³-hybridized carbons (Fsp3) is 0.0556. The Morgan fingerprint density at radius 2 is 1.63 bits per heavy atom. The third kappa shape index (κ3) is 5.11. The summed E-state index contributed by atoms with van der Waals surface area (Å²) < 4.78 is 1.97. The fourth-order valence-electron chi connectivity index (χ4n) is 2.44. The highest BCUT2D eigenvalue weighted by Gasteiger charge is 2.15. The Balaban J connectivity index is 1.63. The van der Waals surface area contributed by atoms with Crippen LogP contribution in [0.15, 0.2) is 64.3 Å². The van der Waals surface area contributed by atoms with E-state index in [4.69, 9.17) is 0 Å². The molecule has 152 valence electrons. The molecule has 1 aromatic heterocycles. The Hall–Kier alpha value is -3.93. The average molecular weight is 473 g/mol. The van der Waals surface area contributed by atoms with Gasteiger partial charge >= 0.3 is 0 Å². The van der Waals surface area contributed by atoms with Crippen LogP contribution < -0.4 is 5.43 Å². The molecule has 1 heterocycles. The van der Waals surface area contributed by atoms with Crippen molar-refractivity contribution in [3.8, 4) is 0 Å². The minimum atomic E-state index is -0.553. The molecule has 0 radical (unpaired) electrons. The molecule has 0 unspecified atom stereocenters. The fourth-order valence-corrected chi connectivity index (χ4v) is 2.94. The Bertz CT molecular complexity index is 1120. The standard InChI is InChI=1S/C18H13BrN6O5/c19-16-11-23(10-13-3-7-15(8-4-13)25(29)30)22-17(16)18(26)21-20-9-12-1-5-14(6-2-12)24(27)28/h1-9,11H,10H2,(H,21,26)/b20-9-. The first-order chi connectivity index (χ1) is 14.3. The lowest BCUT2D eigenvalue weighted by Crippen LogP contribution is -2.19. The second-order valence-electron chi connectivity index (χ2n) is 5.99. The first kappa shape index (κ1) is 20.8. The number of halogens is 1. The highest BCUT2D eigenvalue weighted by molar-refractivity contribution is 9.10. The van der Waals surface area contributed by atoms with E-state index in [1.165, 1.54) is 47.3 Å². The topological polar surface area (TPSA) is 146 Å². The van der Waals surface area contributed by atoms with Crippen LogP contribution in [-0.2, 0) is 6.54 Å². The zero-order chi connectivity index (χ0) is 21.7. The second-order valence-corrected chi connectivity index (χ2v) is 6.85. The van der Waals surface area contributed by atoms with E-state index in [2.05, 4.69) is 31.6 Å². The van der Waals surface area contributed by atoms with Gasteiger partial charge in [-0.3, -0.25) is 29.7 Å². The number of amides is 1. The third-order valence-electron chi connectivity index (χ3n) is 3.91. The molecule has 1 amide bonds. The quantitative estimate of drug-likeness (QED) is 0.317. The molecular formula is C18H13BrN6O5. The van der Waals surface area contributed by atoms with Crippen LogP contribution in [0, 0.1) is 20.2 Å². The number of benzene rings is 2. The zero-order valence-electron chi connectivity index (χ0n) is 15.1. The molecule has 12 heteroatoms. The Morgan fingerprint density at radius 1 is 1.07 bits per heavy atom. The maximum absolute atomic E-state index is 12.3. The van der Waals surface area contributed by atoms with E-state index in [1.807, 2.05) is 0 Å². The summed E-state index contributed by atoms with van der Waals surface area (Å²) in [5, 5.41) is 29.4. The van der Waals surface area contributed by atoms with Gasteiger partial charge < -0.3 is 0 Å². The summed E-state index contributed by atoms with van der Waals surface area (Å²) in [5.74, 6) is -0.553. The first-order valence-corrected chi connectivity index (χ1v) is 9.17. The number of hydrazone groups is 1. The number of nitrogens with zero attached hydrogens (tertiary/aromatic N) is 5. The van der Waals surface area contributed by atoms with Crippen molar-refractivity contribution >= 4 is 39.4 Å². The van der Waals surface area contributed by atoms with Crippen molar-refractivity contribution in [1.82, 2.24) is 15.2 Å². The predicted molar refractivity (Wildman–Crippen MR) is 110 cm³/mol. The molecule has 0 aliphatic carbocycles. The summed E-state index contributed by atoms with van der Waals surface area (Å²) in [6, 6.07) is 11.7. The summed E-state index contributed by atoms with van der Waals surface area (Å²) >= 11 is 3.27. The van der Waals surface area contributed by atoms with Crippen molar-refractivity contribution in [2.24, 2.45) is 5.10 Å². The summed E-state index contributed by atoms with van der Waals surface area (Å²) in [4.78, 5) is 32.7. The Labute approximate surface area is 177 Å². The molecule has 0 saturated carbocycles. The lowest BCUT2D eigenvalue weighted by atomic mass is 10.2. The van der Waals surface area contributed by atoms with E-state index in [-0.39, 0.29) is 17.1 Å². The van der Waals surface area contributed by atoms with Crippen molar-refractivity contribution in [1.29, 1.82) is 0 Å². The van der Waals surface area contributed by atoms with Crippen molar-refractivity contribution < 1.29 is 14.6 Å². The second kappa shape index (κ2) is 9.05. The third-order valence-corrected chi connectivity index (χ3v) is 4.49. The van der Waals surface area contributed by atoms with Gasteiger partial charge in [-0.05, 0) is 39.2 Å². The number of hydrogen-bond acceptors (Lipinski definition) is 7. The molecule has 0 bridgehead atoms. The molecule has 1 N–H and O–H groups in total. The Morgan fingerprint density at radius 3 is 2.20 bits per heavy atom. The number of carbonyl (C=O) groups excluding carboxylic acids is 1. The molecular weight excluding hydrogens is 460 g/mol. The van der Waals surface area contributed by atoms with Crippen LogP contribution in [0.1, 0.15) is 21.6 Å². The van der Waals surface area contributed by atoms with Crippen LogP contribution in [0.25, 0.3) is 0 Å². The first-order valence-electron chi connectivity index (χ1n) is 8.37. The number of carbonyl (C=O) groups is 1. The minimum Gasteiger partial charge on any atom is -0.266 e. The largest absolute Gasteiger partial charge is 0.293 e. The van der Waals surface area contributed by atoms with Gasteiger partial charge in [0.15, 0.2) is 5.69 Å². The highest BCUT2D eigenvalue weighted by Crippen LogP contribution is 2.17. The molecule has 3 aromatic rings. The molecule has 0 aliphatic rings. The molecule has 2 aromatic carbocycles. The minimum absolute atomic E-state index is 0.00801. The summed E-state index contributed by atoms with van der Waals surface area (Å²) in [6.07, 6.45) is 2.96. The molecule has 0 spiro atoms. The number of aromatic nitrogens is 2. The van der Waals surface area contributed by atoms with Crippen molar-refractivity contribution in [3.63, 3.8) is 0 Å². The number of nitro groups is 2. The van der Waals surface area contributed by atoms with E-state index >= 15 is 0 Å². The lowest BCUT2D eigenvalue weighted by Gasteiger charge is -2.01. The molecule has 0 fully saturated rings. The van der Waals surface area contributed by atoms with Crippen LogP contribution in [0.5, 0.6) is 0 Å². The SMILES string of the molecule is O=C(N/N=C\c1ccc([N+](=O)[O-])cc1)c1nn(Cc2ccc([N+](=O)[O-])cc2)cc1Br. The van der Waals surface area contributed by atoms with Crippen LogP contribution in [0.4, 0.5) is 11.4 Å². The average Bonchev–Trinajstić information content (AvgIpc) is 3.08. The molecule has 11 nitrogen and oxygen atoms in total. The van der Waals surface area contributed by atoms with E-state index in [9.17, 15) is 25.0 Å². The van der Waals surface area contributed by atoms with Gasteiger partial charge in [0.25, 0.3) is 17.3 Å². The summed E-state index contributed by atoms with van der Waals surface area (Å²) in [5.41, 5.74) is 3.75. The highest BCUT2D eigenvalue weighted by atomic mass is 79.9. The Kier molecular flexibility index (Phi) is 6.27. The van der Waals surface area contributed by atoms with Crippen molar-refractivity contribution in [2.45, 2.75) is 6.54 Å². The summed E-state index contributed by atoms with van der Waals surface area (Å²) in [6.45, 7) is 0.315. The van der Waals surface area contributed by atoms with Gasteiger partial charge in [0.1, 0.15) is 0 Å². The number of rotatable bonds is 7. The maximum atomic E-state index is 12.3. The molecule has 0 saturated heterocycles. The molecule has 0 aliphatic heterocycles. The predicted octanol–water partition coefficient (Wildman–Crippen LogP) is 3.27. The van der Waals surface area contributed by atoms with E-state index in [0.717, 1.165) is 5.56 Å². The smallest absolute Gasteiger partial charge is 0.266 e. The van der Waals surface area contributed by atoms with Crippen LogP contribution >= 0.6 is 15.9 Å². The van der Waals surface area contributed by atoms with Gasteiger partial charge in [-0.1, -0.05) is 12.1 Å². The van der Waals surface area contributed by atoms with Crippen LogP contribution in [0.2, 0.25) is 0 Å². The van der Waals surface area contributed by atoms with E-state index in [0.29, 0.717) is 16.6 Å². The number of non-ortho nitro benzene ring substituents is 2. The number of nitrogens with one attached hydrogen (secondary N) is 1. The van der Waals surface area contributed by atoms with E-state index < -0.39 is 15.8 Å². The normalized spacial score (nSPS) is 10.8. The van der Waals surface area contributed by atoms with Gasteiger partial charge in [0.2, 0.25) is 0 Å². The number of hydrogen-bond donors (Lipinski definition) is 1. The van der Waals surface area contributed by atoms with Gasteiger partial charge in [-0.2, -0.15) is 10.2 Å². The molecule has 30 heavy (non-hydrogen) atoms. The maximum Gasteiger partial charge on any atom is 0.293 e. The van der Waals surface area contributed by atoms with Gasteiger partial charge in [-0.25, -0.2) is 5.43 Å². The summed E-state index contributed by atoms with van der Waals surface area (Å²) in [7, 11) is 0. The van der Waals surface area contributed by atoms with Crippen LogP contribution in [0.3, 0.4) is 0 Å². The molecule has 3 rings (SSSR count). The van der Waals surface area contributed by atoms with Crippen molar-refractivity contribution in [2.75, 3.05) is 0 Å². The van der Waals surface area contributed by atoms with Gasteiger partial charge in [0.05, 0.1) is 27.1 Å². The van der Waals surface area contributed by atoms with Gasteiger partial charge in [0, 0.05) is 30.5 Å². The monoisotopic (exact) mass is 472 g/mol. The lowest BCUT2D eigenvalue weighted by molar-refractivity contribution is -0.385.